The molecule has 0 bridgehead atoms. The van der Waals surface area contributed by atoms with E-state index >= 15 is 0 Å². The Hall–Kier alpha value is -1.54. The smallest absolute Gasteiger partial charge is 0.341 e. The number of rotatable bonds is 6. The van der Waals surface area contributed by atoms with E-state index < -0.39 is 5.97 Å². The average molecular weight is 440 g/mol. The van der Waals surface area contributed by atoms with Gasteiger partial charge in [0.2, 0.25) is 5.91 Å². The summed E-state index contributed by atoms with van der Waals surface area (Å²) in [6.07, 6.45) is 0. The summed E-state index contributed by atoms with van der Waals surface area (Å²) in [7, 11) is 0. The highest BCUT2D eigenvalue weighted by atomic mass is 35.5. The van der Waals surface area contributed by atoms with Crippen LogP contribution in [0.4, 0.5) is 5.00 Å². The van der Waals surface area contributed by atoms with Crippen LogP contribution >= 0.6 is 46.0 Å². The summed E-state index contributed by atoms with van der Waals surface area (Å²) >= 11 is 10.8. The number of esters is 1. The number of halogens is 1. The van der Waals surface area contributed by atoms with Gasteiger partial charge in [-0.3, -0.25) is 4.79 Å². The van der Waals surface area contributed by atoms with Crippen LogP contribution in [-0.2, 0) is 9.53 Å². The van der Waals surface area contributed by atoms with Crippen molar-refractivity contribution < 1.29 is 14.3 Å². The molecule has 142 valence electrons. The number of hydrogen-bond acceptors (Lipinski definition) is 6. The Labute approximate surface area is 174 Å². The van der Waals surface area contributed by atoms with Crippen LogP contribution in [0.15, 0.2) is 28.5 Å². The maximum Gasteiger partial charge on any atom is 0.341 e. The predicted octanol–water partition coefficient (Wildman–Crippen LogP) is 6.14. The minimum absolute atomic E-state index is 0.180. The van der Waals surface area contributed by atoms with E-state index in [-0.39, 0.29) is 11.7 Å². The Kier molecular flexibility index (Phi) is 6.47. The summed E-state index contributed by atoms with van der Waals surface area (Å²) in [5.41, 5.74) is 1.28. The highest BCUT2D eigenvalue weighted by Crippen LogP contribution is 2.41. The Morgan fingerprint density at radius 3 is 2.67 bits per heavy atom. The van der Waals surface area contributed by atoms with Crippen LogP contribution in [0.1, 0.15) is 27.7 Å². The molecule has 3 aromatic rings. The summed E-state index contributed by atoms with van der Waals surface area (Å²) in [6.45, 7) is 5.83. The van der Waals surface area contributed by atoms with Gasteiger partial charge < -0.3 is 10.1 Å². The van der Waals surface area contributed by atoms with Gasteiger partial charge in [0, 0.05) is 15.0 Å². The normalized spacial score (nSPS) is 11.0. The number of amides is 1. The standard InChI is InChI=1S/C19H18ClNO3S3/c1-4-24-18(23)15-10(2)11(3)26-17(15)21-14(22)9-25-19-16(20)12-7-5-6-8-13(12)27-19/h5-8H,4,9H2,1-3H3,(H,21,22). The maximum atomic E-state index is 12.4. The van der Waals surface area contributed by atoms with Gasteiger partial charge in [-0.05, 0) is 32.4 Å². The molecule has 2 aromatic heterocycles. The lowest BCUT2D eigenvalue weighted by Crippen LogP contribution is -2.16. The maximum absolute atomic E-state index is 12.4. The van der Waals surface area contributed by atoms with Crippen molar-refractivity contribution in [2.45, 2.75) is 25.0 Å². The zero-order valence-corrected chi connectivity index (χ0v) is 18.3. The SMILES string of the molecule is CCOC(=O)c1c(NC(=O)CSc2sc3ccccc3c2Cl)sc(C)c1C. The molecule has 0 saturated heterocycles. The van der Waals surface area contributed by atoms with Gasteiger partial charge in [0.1, 0.15) is 5.00 Å². The third-order valence-corrected chi connectivity index (χ3v) is 8.14. The van der Waals surface area contributed by atoms with Gasteiger partial charge >= 0.3 is 5.97 Å². The second kappa shape index (κ2) is 8.65. The van der Waals surface area contributed by atoms with Gasteiger partial charge in [-0.1, -0.05) is 29.8 Å². The molecule has 2 heterocycles. The lowest BCUT2D eigenvalue weighted by atomic mass is 10.1. The number of aryl methyl sites for hydroxylation is 1. The second-order valence-electron chi connectivity index (χ2n) is 5.74. The predicted molar refractivity (Wildman–Crippen MR) is 116 cm³/mol. The molecule has 4 nitrogen and oxygen atoms in total. The van der Waals surface area contributed by atoms with Crippen molar-refractivity contribution in [1.29, 1.82) is 0 Å². The van der Waals surface area contributed by atoms with E-state index in [1.807, 2.05) is 38.1 Å². The number of nitrogens with one attached hydrogen (secondary N) is 1. The molecule has 0 spiro atoms. The van der Waals surface area contributed by atoms with Crippen molar-refractivity contribution >= 4 is 73.0 Å². The molecule has 27 heavy (non-hydrogen) atoms. The largest absolute Gasteiger partial charge is 0.462 e. The molecular formula is C19H18ClNO3S3. The van der Waals surface area contributed by atoms with Gasteiger partial charge in [-0.15, -0.1) is 34.4 Å². The topological polar surface area (TPSA) is 55.4 Å². The first-order valence-corrected chi connectivity index (χ1v) is 11.3. The van der Waals surface area contributed by atoms with Gasteiger partial charge in [0.25, 0.3) is 0 Å². The van der Waals surface area contributed by atoms with Gasteiger partial charge in [-0.2, -0.15) is 0 Å². The van der Waals surface area contributed by atoms with Crippen molar-refractivity contribution in [2.24, 2.45) is 0 Å². The number of fused-ring (bicyclic) bond motifs is 1. The highest BCUT2D eigenvalue weighted by Gasteiger charge is 2.22. The molecule has 0 unspecified atom stereocenters. The molecule has 0 saturated carbocycles. The highest BCUT2D eigenvalue weighted by molar-refractivity contribution is 8.02. The summed E-state index contributed by atoms with van der Waals surface area (Å²) in [4.78, 5) is 25.6. The summed E-state index contributed by atoms with van der Waals surface area (Å²) in [5, 5.41) is 5.08. The van der Waals surface area contributed by atoms with Crippen LogP contribution in [0.3, 0.4) is 0 Å². The van der Waals surface area contributed by atoms with Crippen molar-refractivity contribution in [2.75, 3.05) is 17.7 Å². The lowest BCUT2D eigenvalue weighted by molar-refractivity contribution is -0.113. The Morgan fingerprint density at radius 2 is 1.96 bits per heavy atom. The minimum atomic E-state index is -0.408. The van der Waals surface area contributed by atoms with Crippen LogP contribution < -0.4 is 5.32 Å². The minimum Gasteiger partial charge on any atom is -0.462 e. The van der Waals surface area contributed by atoms with E-state index in [1.165, 1.54) is 23.1 Å². The molecule has 1 aromatic carbocycles. The molecule has 8 heteroatoms. The van der Waals surface area contributed by atoms with E-state index in [1.54, 1.807) is 18.3 Å². The van der Waals surface area contributed by atoms with E-state index in [0.29, 0.717) is 22.2 Å². The molecular weight excluding hydrogens is 422 g/mol. The van der Waals surface area contributed by atoms with Crippen molar-refractivity contribution in [3.63, 3.8) is 0 Å². The van der Waals surface area contributed by atoms with E-state index in [2.05, 4.69) is 5.32 Å². The van der Waals surface area contributed by atoms with Crippen LogP contribution in [0.2, 0.25) is 5.02 Å². The first-order valence-electron chi connectivity index (χ1n) is 8.29. The summed E-state index contributed by atoms with van der Waals surface area (Å²) in [6, 6.07) is 7.90. The molecule has 0 radical (unpaired) electrons. The second-order valence-corrected chi connectivity index (χ2v) is 9.64. The first kappa shape index (κ1) is 20.2. The van der Waals surface area contributed by atoms with Crippen LogP contribution in [-0.4, -0.2) is 24.2 Å². The number of thioether (sulfide) groups is 1. The number of hydrogen-bond donors (Lipinski definition) is 1. The summed E-state index contributed by atoms with van der Waals surface area (Å²) in [5.74, 6) is -0.375. The molecule has 0 aliphatic rings. The van der Waals surface area contributed by atoms with Crippen molar-refractivity contribution in [1.82, 2.24) is 0 Å². The van der Waals surface area contributed by atoms with Gasteiger partial charge in [0.05, 0.1) is 27.2 Å². The molecule has 0 atom stereocenters. The molecule has 0 aliphatic heterocycles. The molecule has 1 amide bonds. The first-order chi connectivity index (χ1) is 12.9. The fourth-order valence-electron chi connectivity index (χ4n) is 2.54. The van der Waals surface area contributed by atoms with E-state index in [4.69, 9.17) is 16.3 Å². The van der Waals surface area contributed by atoms with Crippen molar-refractivity contribution in [3.05, 3.63) is 45.3 Å². The number of anilines is 1. The fourth-order valence-corrected chi connectivity index (χ4v) is 6.19. The fraction of sp³-hybridized carbons (Fsp3) is 0.263. The average Bonchev–Trinajstić information content (AvgIpc) is 3.10. The number of carbonyl (C=O) groups is 2. The Bertz CT molecular complexity index is 1010. The Balaban J connectivity index is 1.72. The zero-order valence-electron chi connectivity index (χ0n) is 15.1. The molecule has 0 fully saturated rings. The number of thiophene rings is 2. The third-order valence-electron chi connectivity index (χ3n) is 3.96. The molecule has 1 N–H and O–H groups in total. The van der Waals surface area contributed by atoms with E-state index in [0.717, 1.165) is 24.7 Å². The quantitative estimate of drug-likeness (QED) is 0.370. The number of ether oxygens (including phenoxy) is 1. The van der Waals surface area contributed by atoms with Crippen LogP contribution in [0.5, 0.6) is 0 Å². The molecule has 3 rings (SSSR count). The van der Waals surface area contributed by atoms with Crippen LogP contribution in [0, 0.1) is 13.8 Å². The zero-order chi connectivity index (χ0) is 19.6. The number of benzene rings is 1. The summed E-state index contributed by atoms with van der Waals surface area (Å²) < 4.78 is 7.13. The lowest BCUT2D eigenvalue weighted by Gasteiger charge is -2.07. The van der Waals surface area contributed by atoms with Gasteiger partial charge in [-0.25, -0.2) is 4.79 Å². The van der Waals surface area contributed by atoms with Crippen molar-refractivity contribution in [3.8, 4) is 0 Å². The van der Waals surface area contributed by atoms with Gasteiger partial charge in [0.15, 0.2) is 0 Å². The number of carbonyl (C=O) groups excluding carboxylic acids is 2. The Morgan fingerprint density at radius 1 is 1.22 bits per heavy atom. The molecule has 0 aliphatic carbocycles. The van der Waals surface area contributed by atoms with E-state index in [9.17, 15) is 9.59 Å². The van der Waals surface area contributed by atoms with Crippen LogP contribution in [0.25, 0.3) is 10.1 Å². The monoisotopic (exact) mass is 439 g/mol. The third kappa shape index (κ3) is 4.32.